The van der Waals surface area contributed by atoms with Crippen molar-refractivity contribution in [3.63, 3.8) is 0 Å². The summed E-state index contributed by atoms with van der Waals surface area (Å²) >= 11 is 0. The monoisotopic (exact) mass is 213 g/mol. The summed E-state index contributed by atoms with van der Waals surface area (Å²) < 4.78 is 0. The first-order chi connectivity index (χ1) is 7.67. The van der Waals surface area contributed by atoms with E-state index in [-0.39, 0.29) is 0 Å². The molecule has 0 unspecified atom stereocenters. The van der Waals surface area contributed by atoms with Crippen LogP contribution >= 0.6 is 0 Å². The minimum atomic E-state index is 0.886. The number of hydrogen-bond donors (Lipinski definition) is 0. The molecule has 0 aliphatic rings. The van der Waals surface area contributed by atoms with E-state index in [9.17, 15) is 0 Å². The molecule has 0 amide bonds. The molecule has 0 saturated carbocycles. The second kappa shape index (κ2) is 6.06. The lowest BCUT2D eigenvalue weighted by molar-refractivity contribution is 1.03. The average molecular weight is 213 g/mol. The first-order valence-corrected chi connectivity index (χ1v) is 5.59. The van der Waals surface area contributed by atoms with Crippen molar-refractivity contribution in [2.75, 3.05) is 0 Å². The highest BCUT2D eigenvalue weighted by Gasteiger charge is 1.98. The molecule has 1 aromatic heterocycles. The number of pyridine rings is 1. The molecule has 0 atom stereocenters. The normalized spacial score (nSPS) is 11.2. The highest BCUT2D eigenvalue weighted by atomic mass is 14.7. The summed E-state index contributed by atoms with van der Waals surface area (Å²) in [6, 6.07) is 4.16. The standard InChI is InChI=1S/C15H19N/c1-5-13(8-7-12(3)4)14-9-10-15(6-2)16-11-14/h5,8-11H,1,3,6-7H2,2,4H3/b13-8+. The Balaban J connectivity index is 2.90. The van der Waals surface area contributed by atoms with Gasteiger partial charge in [-0.1, -0.05) is 43.9 Å². The summed E-state index contributed by atoms with van der Waals surface area (Å²) in [6.07, 6.45) is 7.77. The number of nitrogens with zero attached hydrogens (tertiary/aromatic N) is 1. The van der Waals surface area contributed by atoms with Crippen LogP contribution in [0.5, 0.6) is 0 Å². The summed E-state index contributed by atoms with van der Waals surface area (Å²) in [7, 11) is 0. The van der Waals surface area contributed by atoms with Gasteiger partial charge in [0.25, 0.3) is 0 Å². The second-order valence-electron chi connectivity index (χ2n) is 3.92. The topological polar surface area (TPSA) is 12.9 Å². The van der Waals surface area contributed by atoms with E-state index in [0.29, 0.717) is 0 Å². The van der Waals surface area contributed by atoms with Gasteiger partial charge >= 0.3 is 0 Å². The molecule has 0 aliphatic heterocycles. The van der Waals surface area contributed by atoms with E-state index < -0.39 is 0 Å². The van der Waals surface area contributed by atoms with Gasteiger partial charge in [-0.3, -0.25) is 4.98 Å². The maximum absolute atomic E-state index is 4.38. The maximum atomic E-state index is 4.38. The lowest BCUT2D eigenvalue weighted by atomic mass is 10.0. The zero-order valence-corrected chi connectivity index (χ0v) is 10.2. The molecule has 0 aromatic carbocycles. The summed E-state index contributed by atoms with van der Waals surface area (Å²) in [5, 5.41) is 0. The van der Waals surface area contributed by atoms with Crippen molar-refractivity contribution in [1.29, 1.82) is 0 Å². The lowest BCUT2D eigenvalue weighted by Gasteiger charge is -2.03. The van der Waals surface area contributed by atoms with Gasteiger partial charge in [0.15, 0.2) is 0 Å². The van der Waals surface area contributed by atoms with Crippen LogP contribution in [0.3, 0.4) is 0 Å². The summed E-state index contributed by atoms with van der Waals surface area (Å²) in [4.78, 5) is 4.38. The highest BCUT2D eigenvalue weighted by molar-refractivity contribution is 5.73. The van der Waals surface area contributed by atoms with Crippen molar-refractivity contribution in [2.45, 2.75) is 26.7 Å². The number of aryl methyl sites for hydroxylation is 1. The third kappa shape index (κ3) is 3.50. The van der Waals surface area contributed by atoms with Crippen LogP contribution in [0.1, 0.15) is 31.5 Å². The van der Waals surface area contributed by atoms with Gasteiger partial charge in [0.1, 0.15) is 0 Å². The van der Waals surface area contributed by atoms with Gasteiger partial charge in [-0.15, -0.1) is 0 Å². The Morgan fingerprint density at radius 2 is 2.19 bits per heavy atom. The highest BCUT2D eigenvalue weighted by Crippen LogP contribution is 2.16. The van der Waals surface area contributed by atoms with Crippen LogP contribution in [0.15, 0.2) is 49.2 Å². The third-order valence-corrected chi connectivity index (χ3v) is 2.41. The average Bonchev–Trinajstić information content (AvgIpc) is 2.30. The fourth-order valence-electron chi connectivity index (χ4n) is 1.41. The molecule has 0 spiro atoms. The van der Waals surface area contributed by atoms with Crippen LogP contribution in [0, 0.1) is 0 Å². The first-order valence-electron chi connectivity index (χ1n) is 5.59. The van der Waals surface area contributed by atoms with Crippen LogP contribution in [0.4, 0.5) is 0 Å². The number of aromatic nitrogens is 1. The molecular weight excluding hydrogens is 194 g/mol. The van der Waals surface area contributed by atoms with Crippen LogP contribution in [0.25, 0.3) is 5.57 Å². The minimum Gasteiger partial charge on any atom is -0.261 e. The zero-order valence-electron chi connectivity index (χ0n) is 10.2. The Kier molecular flexibility index (Phi) is 4.71. The number of allylic oxidation sites excluding steroid dienone is 4. The van der Waals surface area contributed by atoms with E-state index in [0.717, 1.165) is 35.2 Å². The van der Waals surface area contributed by atoms with Gasteiger partial charge in [0, 0.05) is 11.9 Å². The Labute approximate surface area is 98.2 Å². The Hall–Kier alpha value is -1.63. The molecule has 0 bridgehead atoms. The van der Waals surface area contributed by atoms with Crippen LogP contribution in [-0.2, 0) is 6.42 Å². The van der Waals surface area contributed by atoms with Crippen molar-refractivity contribution in [1.82, 2.24) is 4.98 Å². The minimum absolute atomic E-state index is 0.886. The van der Waals surface area contributed by atoms with Crippen molar-refractivity contribution in [3.8, 4) is 0 Å². The molecule has 1 aromatic rings. The molecule has 0 fully saturated rings. The van der Waals surface area contributed by atoms with Gasteiger partial charge < -0.3 is 0 Å². The second-order valence-corrected chi connectivity index (χ2v) is 3.92. The van der Waals surface area contributed by atoms with Gasteiger partial charge in [0.2, 0.25) is 0 Å². The van der Waals surface area contributed by atoms with Gasteiger partial charge in [-0.05, 0) is 37.0 Å². The molecular formula is C15H19N. The fourth-order valence-corrected chi connectivity index (χ4v) is 1.41. The number of rotatable bonds is 5. The Bertz CT molecular complexity index is 396. The molecule has 0 aliphatic carbocycles. The third-order valence-electron chi connectivity index (χ3n) is 2.41. The lowest BCUT2D eigenvalue weighted by Crippen LogP contribution is -1.89. The largest absolute Gasteiger partial charge is 0.261 e. The predicted molar refractivity (Wildman–Crippen MR) is 71.2 cm³/mol. The van der Waals surface area contributed by atoms with Crippen molar-refractivity contribution in [3.05, 3.63) is 60.5 Å². The molecule has 1 rings (SSSR count). The first kappa shape index (κ1) is 12.4. The molecule has 1 heteroatoms. The van der Waals surface area contributed by atoms with Gasteiger partial charge in [0.05, 0.1) is 0 Å². The molecule has 1 nitrogen and oxygen atoms in total. The van der Waals surface area contributed by atoms with E-state index in [2.05, 4.69) is 43.3 Å². The van der Waals surface area contributed by atoms with Crippen molar-refractivity contribution >= 4 is 5.57 Å². The predicted octanol–water partition coefficient (Wildman–Crippen LogP) is 4.18. The molecule has 84 valence electrons. The molecule has 1 heterocycles. The van der Waals surface area contributed by atoms with Crippen molar-refractivity contribution in [2.24, 2.45) is 0 Å². The van der Waals surface area contributed by atoms with E-state index in [1.807, 2.05) is 19.2 Å². The fraction of sp³-hybridized carbons (Fsp3) is 0.267. The van der Waals surface area contributed by atoms with Crippen molar-refractivity contribution < 1.29 is 0 Å². The van der Waals surface area contributed by atoms with E-state index in [1.165, 1.54) is 0 Å². The van der Waals surface area contributed by atoms with Gasteiger partial charge in [-0.2, -0.15) is 0 Å². The summed E-state index contributed by atoms with van der Waals surface area (Å²) in [5.41, 5.74) is 4.51. The van der Waals surface area contributed by atoms with E-state index >= 15 is 0 Å². The van der Waals surface area contributed by atoms with E-state index in [4.69, 9.17) is 0 Å². The van der Waals surface area contributed by atoms with Crippen LogP contribution < -0.4 is 0 Å². The smallest absolute Gasteiger partial charge is 0.0401 e. The maximum Gasteiger partial charge on any atom is 0.0401 e. The molecule has 0 N–H and O–H groups in total. The quantitative estimate of drug-likeness (QED) is 0.528. The Morgan fingerprint density at radius 1 is 1.44 bits per heavy atom. The molecule has 16 heavy (non-hydrogen) atoms. The zero-order chi connectivity index (χ0) is 12.0. The molecule has 0 saturated heterocycles. The SMILES string of the molecule is C=C/C(=C\CC(=C)C)c1ccc(CC)nc1. The summed E-state index contributed by atoms with van der Waals surface area (Å²) in [6.45, 7) is 11.8. The van der Waals surface area contributed by atoms with Gasteiger partial charge in [-0.25, -0.2) is 0 Å². The van der Waals surface area contributed by atoms with Crippen LogP contribution in [0.2, 0.25) is 0 Å². The number of hydrogen-bond acceptors (Lipinski definition) is 1. The Morgan fingerprint density at radius 3 is 2.62 bits per heavy atom. The molecule has 0 radical (unpaired) electrons. The van der Waals surface area contributed by atoms with E-state index in [1.54, 1.807) is 0 Å². The summed E-state index contributed by atoms with van der Waals surface area (Å²) in [5.74, 6) is 0. The van der Waals surface area contributed by atoms with Crippen LogP contribution in [-0.4, -0.2) is 4.98 Å².